The van der Waals surface area contributed by atoms with Crippen LogP contribution in [0, 0.1) is 0 Å². The number of imidazole rings is 1. The van der Waals surface area contributed by atoms with Gasteiger partial charge in [0.2, 0.25) is 5.91 Å². The summed E-state index contributed by atoms with van der Waals surface area (Å²) in [4.78, 5) is 28.9. The van der Waals surface area contributed by atoms with Crippen molar-refractivity contribution in [2.24, 2.45) is 7.05 Å². The molecule has 0 saturated heterocycles. The number of hydrogen-bond acceptors (Lipinski definition) is 4. The number of nitrogens with zero attached hydrogens (tertiary/aromatic N) is 2. The van der Waals surface area contributed by atoms with E-state index in [-0.39, 0.29) is 12.5 Å². The topological polar surface area (TPSA) is 85.3 Å². The third-order valence-corrected chi connectivity index (χ3v) is 3.63. The van der Waals surface area contributed by atoms with Crippen molar-refractivity contribution in [3.63, 3.8) is 0 Å². The number of carbonyl (C=O) groups is 2. The summed E-state index contributed by atoms with van der Waals surface area (Å²) >= 11 is 0. The number of carbonyl (C=O) groups excluding carboxylic acids is 2. The van der Waals surface area contributed by atoms with Gasteiger partial charge in [-0.15, -0.1) is 0 Å². The average molecular weight is 358 g/mol. The molecule has 0 saturated carbocycles. The van der Waals surface area contributed by atoms with Gasteiger partial charge in [0.1, 0.15) is 17.5 Å². The van der Waals surface area contributed by atoms with Crippen LogP contribution in [-0.2, 0) is 29.5 Å². The summed E-state index contributed by atoms with van der Waals surface area (Å²) in [6.45, 7) is 5.61. The Labute approximate surface area is 153 Å². The maximum Gasteiger partial charge on any atom is 0.408 e. The summed E-state index contributed by atoms with van der Waals surface area (Å²) in [5.41, 5.74) is 0.311. The van der Waals surface area contributed by atoms with Crippen LogP contribution in [0.25, 0.3) is 0 Å². The Morgan fingerprint density at radius 1 is 1.23 bits per heavy atom. The number of amides is 2. The molecule has 0 aliphatic rings. The van der Waals surface area contributed by atoms with Gasteiger partial charge in [-0.3, -0.25) is 4.79 Å². The zero-order valence-electron chi connectivity index (χ0n) is 15.7. The van der Waals surface area contributed by atoms with Crippen LogP contribution < -0.4 is 10.6 Å². The molecule has 26 heavy (non-hydrogen) atoms. The standard InChI is InChI=1S/C19H26N4O3/c1-19(2,3)26-18(25)22-15(12-14-8-6-5-7-9-14)17(24)21-13-16-20-10-11-23(16)4/h5-11,15H,12-13H2,1-4H3,(H,21,24)(H,22,25)/t15-/m0/s1. The van der Waals surface area contributed by atoms with Crippen LogP contribution in [0.15, 0.2) is 42.7 Å². The van der Waals surface area contributed by atoms with Gasteiger partial charge in [-0.25, -0.2) is 9.78 Å². The largest absolute Gasteiger partial charge is 0.444 e. The smallest absolute Gasteiger partial charge is 0.408 e. The van der Waals surface area contributed by atoms with E-state index in [0.717, 1.165) is 11.4 Å². The Kier molecular flexibility index (Phi) is 6.38. The lowest BCUT2D eigenvalue weighted by molar-refractivity contribution is -0.123. The third kappa shape index (κ3) is 6.23. The van der Waals surface area contributed by atoms with E-state index in [9.17, 15) is 9.59 Å². The minimum Gasteiger partial charge on any atom is -0.444 e. The molecule has 140 valence electrons. The molecule has 0 aliphatic heterocycles. The van der Waals surface area contributed by atoms with Crippen LogP contribution in [0.2, 0.25) is 0 Å². The summed E-state index contributed by atoms with van der Waals surface area (Å²) in [7, 11) is 1.86. The monoisotopic (exact) mass is 358 g/mol. The van der Waals surface area contributed by atoms with Gasteiger partial charge in [0.25, 0.3) is 0 Å². The number of aryl methyl sites for hydroxylation is 1. The molecule has 0 aliphatic carbocycles. The normalized spacial score (nSPS) is 12.3. The van der Waals surface area contributed by atoms with Gasteiger partial charge in [0.15, 0.2) is 0 Å². The van der Waals surface area contributed by atoms with Crippen LogP contribution in [-0.4, -0.2) is 33.2 Å². The van der Waals surface area contributed by atoms with Crippen molar-refractivity contribution in [1.29, 1.82) is 0 Å². The molecule has 1 atom stereocenters. The van der Waals surface area contributed by atoms with Crippen molar-refractivity contribution in [3.05, 3.63) is 54.1 Å². The first-order chi connectivity index (χ1) is 12.2. The maximum atomic E-state index is 12.6. The SMILES string of the molecule is Cn1ccnc1CNC(=O)[C@H](Cc1ccccc1)NC(=O)OC(C)(C)C. The molecule has 0 bridgehead atoms. The molecule has 0 spiro atoms. The van der Waals surface area contributed by atoms with E-state index in [0.29, 0.717) is 6.42 Å². The van der Waals surface area contributed by atoms with Crippen LogP contribution in [0.3, 0.4) is 0 Å². The molecule has 2 amide bonds. The minimum absolute atomic E-state index is 0.281. The van der Waals surface area contributed by atoms with Gasteiger partial charge in [-0.2, -0.15) is 0 Å². The molecule has 2 rings (SSSR count). The predicted molar refractivity (Wildman–Crippen MR) is 98.4 cm³/mol. The highest BCUT2D eigenvalue weighted by Gasteiger charge is 2.24. The van der Waals surface area contributed by atoms with E-state index < -0.39 is 17.7 Å². The fourth-order valence-electron chi connectivity index (χ4n) is 2.37. The van der Waals surface area contributed by atoms with Gasteiger partial charge in [0, 0.05) is 25.9 Å². The van der Waals surface area contributed by atoms with E-state index >= 15 is 0 Å². The van der Waals surface area contributed by atoms with Gasteiger partial charge in [0.05, 0.1) is 6.54 Å². The molecule has 1 aromatic heterocycles. The van der Waals surface area contributed by atoms with E-state index in [4.69, 9.17) is 4.74 Å². The lowest BCUT2D eigenvalue weighted by Crippen LogP contribution is -2.49. The Bertz CT molecular complexity index is 735. The number of benzene rings is 1. The number of nitrogens with one attached hydrogen (secondary N) is 2. The van der Waals surface area contributed by atoms with E-state index in [1.807, 2.05) is 48.1 Å². The number of rotatable bonds is 6. The highest BCUT2D eigenvalue weighted by atomic mass is 16.6. The van der Waals surface area contributed by atoms with Crippen molar-refractivity contribution in [1.82, 2.24) is 20.2 Å². The van der Waals surface area contributed by atoms with Crippen molar-refractivity contribution in [2.75, 3.05) is 0 Å². The first-order valence-electron chi connectivity index (χ1n) is 8.52. The second-order valence-corrected chi connectivity index (χ2v) is 7.06. The van der Waals surface area contributed by atoms with Gasteiger partial charge < -0.3 is 19.9 Å². The van der Waals surface area contributed by atoms with E-state index in [1.165, 1.54) is 0 Å². The molecule has 2 aromatic rings. The zero-order valence-corrected chi connectivity index (χ0v) is 15.7. The number of hydrogen-bond donors (Lipinski definition) is 2. The first kappa shape index (κ1) is 19.5. The maximum absolute atomic E-state index is 12.6. The van der Waals surface area contributed by atoms with E-state index in [1.54, 1.807) is 27.0 Å². The molecule has 1 aromatic carbocycles. The average Bonchev–Trinajstić information content (AvgIpc) is 2.96. The summed E-state index contributed by atoms with van der Waals surface area (Å²) in [6.07, 6.45) is 3.22. The quantitative estimate of drug-likeness (QED) is 0.829. The van der Waals surface area contributed by atoms with Crippen LogP contribution in [0.4, 0.5) is 4.79 Å². The molecular weight excluding hydrogens is 332 g/mol. The van der Waals surface area contributed by atoms with E-state index in [2.05, 4.69) is 15.6 Å². The van der Waals surface area contributed by atoms with Crippen molar-refractivity contribution < 1.29 is 14.3 Å². The highest BCUT2D eigenvalue weighted by Crippen LogP contribution is 2.09. The Balaban J connectivity index is 2.04. The second-order valence-electron chi connectivity index (χ2n) is 7.06. The molecule has 7 nitrogen and oxygen atoms in total. The molecule has 1 heterocycles. The molecule has 0 fully saturated rings. The summed E-state index contributed by atoms with van der Waals surface area (Å²) < 4.78 is 7.11. The lowest BCUT2D eigenvalue weighted by atomic mass is 10.1. The summed E-state index contributed by atoms with van der Waals surface area (Å²) in [5, 5.41) is 5.49. The Hall–Kier alpha value is -2.83. The fraction of sp³-hybridized carbons (Fsp3) is 0.421. The molecule has 2 N–H and O–H groups in total. The summed E-state index contributed by atoms with van der Waals surface area (Å²) in [6, 6.07) is 8.77. The second kappa shape index (κ2) is 8.51. The number of aromatic nitrogens is 2. The molecule has 0 unspecified atom stereocenters. The first-order valence-corrected chi connectivity index (χ1v) is 8.52. The van der Waals surface area contributed by atoms with Gasteiger partial charge in [-0.05, 0) is 26.3 Å². The van der Waals surface area contributed by atoms with Crippen LogP contribution in [0.1, 0.15) is 32.2 Å². The zero-order chi connectivity index (χ0) is 19.2. The number of ether oxygens (including phenoxy) is 1. The molecular formula is C19H26N4O3. The van der Waals surface area contributed by atoms with Crippen LogP contribution >= 0.6 is 0 Å². The molecule has 0 radical (unpaired) electrons. The predicted octanol–water partition coefficient (Wildman–Crippen LogP) is 2.17. The number of alkyl carbamates (subject to hydrolysis) is 1. The van der Waals surface area contributed by atoms with Crippen LogP contribution in [0.5, 0.6) is 0 Å². The lowest BCUT2D eigenvalue weighted by Gasteiger charge is -2.23. The van der Waals surface area contributed by atoms with Crippen molar-refractivity contribution >= 4 is 12.0 Å². The Morgan fingerprint density at radius 3 is 2.50 bits per heavy atom. The van der Waals surface area contributed by atoms with Gasteiger partial charge >= 0.3 is 6.09 Å². The van der Waals surface area contributed by atoms with Crippen molar-refractivity contribution in [3.8, 4) is 0 Å². The Morgan fingerprint density at radius 2 is 1.92 bits per heavy atom. The third-order valence-electron chi connectivity index (χ3n) is 3.63. The van der Waals surface area contributed by atoms with Gasteiger partial charge in [-0.1, -0.05) is 30.3 Å². The molecule has 7 heteroatoms. The summed E-state index contributed by atoms with van der Waals surface area (Å²) in [5.74, 6) is 0.441. The van der Waals surface area contributed by atoms with Crippen molar-refractivity contribution in [2.45, 2.75) is 45.4 Å². The fourth-order valence-corrected chi connectivity index (χ4v) is 2.37. The minimum atomic E-state index is -0.743. The highest BCUT2D eigenvalue weighted by molar-refractivity contribution is 5.85.